The van der Waals surface area contributed by atoms with Crippen LogP contribution < -0.4 is 10.1 Å². The van der Waals surface area contributed by atoms with E-state index in [9.17, 15) is 9.18 Å². The summed E-state index contributed by atoms with van der Waals surface area (Å²) in [5.41, 5.74) is 2.48. The highest BCUT2D eigenvalue weighted by Crippen LogP contribution is 2.22. The zero-order valence-electron chi connectivity index (χ0n) is 14.0. The maximum atomic E-state index is 13.1. The van der Waals surface area contributed by atoms with E-state index in [4.69, 9.17) is 4.74 Å². The summed E-state index contributed by atoms with van der Waals surface area (Å²) in [7, 11) is 0. The summed E-state index contributed by atoms with van der Waals surface area (Å²) < 4.78 is 20.1. The highest BCUT2D eigenvalue weighted by Gasteiger charge is 2.19. The Morgan fingerprint density at radius 2 is 1.92 bits per heavy atom. The number of aromatic nitrogens is 2. The van der Waals surface area contributed by atoms with E-state index in [0.717, 1.165) is 5.56 Å². The molecule has 0 saturated heterocycles. The summed E-state index contributed by atoms with van der Waals surface area (Å²) in [5, 5.41) is 7.16. The second-order valence-corrected chi connectivity index (χ2v) is 5.47. The fraction of sp³-hybridized carbons (Fsp3) is 0.158. The van der Waals surface area contributed by atoms with Gasteiger partial charge in [-0.3, -0.25) is 4.79 Å². The van der Waals surface area contributed by atoms with Gasteiger partial charge in [-0.15, -0.1) is 0 Å². The quantitative estimate of drug-likeness (QED) is 0.765. The van der Waals surface area contributed by atoms with Crippen molar-refractivity contribution in [3.05, 3.63) is 71.8 Å². The van der Waals surface area contributed by atoms with Crippen molar-refractivity contribution in [3.63, 3.8) is 0 Å². The van der Waals surface area contributed by atoms with Crippen molar-refractivity contribution in [1.29, 1.82) is 0 Å². The molecule has 2 aromatic carbocycles. The lowest BCUT2D eigenvalue weighted by Gasteiger charge is -2.07. The number of halogens is 1. The highest BCUT2D eigenvalue weighted by atomic mass is 19.1. The van der Waals surface area contributed by atoms with Crippen LogP contribution in [0.5, 0.6) is 5.75 Å². The van der Waals surface area contributed by atoms with Crippen LogP contribution in [0.15, 0.2) is 54.7 Å². The molecule has 0 saturated carbocycles. The monoisotopic (exact) mass is 339 g/mol. The highest BCUT2D eigenvalue weighted by molar-refractivity contribution is 6.05. The van der Waals surface area contributed by atoms with Gasteiger partial charge in [0.2, 0.25) is 0 Å². The summed E-state index contributed by atoms with van der Waals surface area (Å²) in [5.74, 6) is -0.324. The number of amides is 1. The maximum Gasteiger partial charge on any atom is 0.280 e. The van der Waals surface area contributed by atoms with Crippen molar-refractivity contribution in [1.82, 2.24) is 9.78 Å². The topological polar surface area (TPSA) is 56.2 Å². The molecule has 0 radical (unpaired) electrons. The molecule has 5 nitrogen and oxygen atoms in total. The number of nitrogens with zero attached hydrogens (tertiary/aromatic N) is 2. The first-order valence-electron chi connectivity index (χ1n) is 7.94. The molecule has 0 bridgehead atoms. The van der Waals surface area contributed by atoms with Gasteiger partial charge in [-0.1, -0.05) is 18.2 Å². The predicted molar refractivity (Wildman–Crippen MR) is 93.8 cm³/mol. The Morgan fingerprint density at radius 3 is 2.60 bits per heavy atom. The molecule has 128 valence electrons. The molecule has 0 aliphatic rings. The number of benzene rings is 2. The zero-order valence-corrected chi connectivity index (χ0v) is 14.0. The van der Waals surface area contributed by atoms with E-state index in [0.29, 0.717) is 23.7 Å². The van der Waals surface area contributed by atoms with Crippen LogP contribution in [-0.4, -0.2) is 22.3 Å². The third-order valence-corrected chi connectivity index (χ3v) is 3.68. The Kier molecular flexibility index (Phi) is 4.79. The van der Waals surface area contributed by atoms with Crippen molar-refractivity contribution >= 4 is 11.6 Å². The van der Waals surface area contributed by atoms with Crippen molar-refractivity contribution in [2.75, 3.05) is 11.9 Å². The molecule has 1 N–H and O–H groups in total. The van der Waals surface area contributed by atoms with Crippen molar-refractivity contribution in [2.45, 2.75) is 13.8 Å². The van der Waals surface area contributed by atoms with Gasteiger partial charge in [0.05, 0.1) is 18.5 Å². The number of para-hydroxylation sites is 1. The Bertz CT molecular complexity index is 888. The Balaban J connectivity index is 1.92. The fourth-order valence-corrected chi connectivity index (χ4v) is 2.40. The van der Waals surface area contributed by atoms with E-state index >= 15 is 0 Å². The molecule has 1 heterocycles. The van der Waals surface area contributed by atoms with E-state index in [1.807, 2.05) is 38.1 Å². The summed E-state index contributed by atoms with van der Waals surface area (Å²) in [6.45, 7) is 4.15. The van der Waals surface area contributed by atoms with Crippen LogP contribution in [0.2, 0.25) is 0 Å². The first kappa shape index (κ1) is 16.7. The first-order valence-corrected chi connectivity index (χ1v) is 7.94. The third kappa shape index (κ3) is 3.68. The molecule has 25 heavy (non-hydrogen) atoms. The summed E-state index contributed by atoms with van der Waals surface area (Å²) in [6, 6.07) is 13.3. The molecule has 0 aliphatic heterocycles. The van der Waals surface area contributed by atoms with Gasteiger partial charge in [-0.05, 0) is 49.7 Å². The molecule has 0 fully saturated rings. The largest absolute Gasteiger partial charge is 0.490 e. The van der Waals surface area contributed by atoms with Crippen LogP contribution in [0.25, 0.3) is 5.69 Å². The molecule has 0 spiro atoms. The lowest BCUT2D eigenvalue weighted by Crippen LogP contribution is -2.15. The van der Waals surface area contributed by atoms with Gasteiger partial charge in [0.15, 0.2) is 11.4 Å². The number of hydrogen-bond acceptors (Lipinski definition) is 3. The molecule has 6 heteroatoms. The molecular weight excluding hydrogens is 321 g/mol. The Labute approximate surface area is 145 Å². The van der Waals surface area contributed by atoms with Crippen LogP contribution in [0.1, 0.15) is 23.0 Å². The lowest BCUT2D eigenvalue weighted by atomic mass is 10.2. The third-order valence-electron chi connectivity index (χ3n) is 3.68. The van der Waals surface area contributed by atoms with Crippen LogP contribution in [0.3, 0.4) is 0 Å². The number of carbonyl (C=O) groups is 1. The number of nitrogens with one attached hydrogen (secondary N) is 1. The van der Waals surface area contributed by atoms with Crippen LogP contribution in [0, 0.1) is 12.7 Å². The first-order chi connectivity index (χ1) is 12.1. The summed E-state index contributed by atoms with van der Waals surface area (Å²) in [6.07, 6.45) is 1.61. The van der Waals surface area contributed by atoms with E-state index < -0.39 is 0 Å². The Hall–Kier alpha value is -3.15. The number of carbonyl (C=O) groups excluding carboxylic acids is 1. The van der Waals surface area contributed by atoms with Gasteiger partial charge in [0, 0.05) is 5.69 Å². The summed E-state index contributed by atoms with van der Waals surface area (Å²) in [4.78, 5) is 12.6. The van der Waals surface area contributed by atoms with Gasteiger partial charge in [0.1, 0.15) is 5.82 Å². The number of ether oxygens (including phenoxy) is 1. The average Bonchev–Trinajstić information content (AvgIpc) is 3.02. The smallest absolute Gasteiger partial charge is 0.280 e. The molecule has 0 aliphatic carbocycles. The van der Waals surface area contributed by atoms with E-state index in [-0.39, 0.29) is 17.4 Å². The number of rotatable bonds is 5. The van der Waals surface area contributed by atoms with Crippen molar-refractivity contribution in [3.8, 4) is 11.4 Å². The molecule has 0 atom stereocenters. The van der Waals surface area contributed by atoms with E-state index in [1.165, 1.54) is 16.8 Å². The minimum atomic E-state index is -0.362. The summed E-state index contributed by atoms with van der Waals surface area (Å²) >= 11 is 0. The van der Waals surface area contributed by atoms with Gasteiger partial charge < -0.3 is 10.1 Å². The second kappa shape index (κ2) is 7.17. The number of aryl methyl sites for hydroxylation is 1. The van der Waals surface area contributed by atoms with Crippen LogP contribution in [-0.2, 0) is 0 Å². The fourth-order valence-electron chi connectivity index (χ4n) is 2.40. The number of hydrogen-bond donors (Lipinski definition) is 1. The second-order valence-electron chi connectivity index (χ2n) is 5.47. The van der Waals surface area contributed by atoms with Gasteiger partial charge in [0.25, 0.3) is 5.91 Å². The minimum absolute atomic E-state index is 0.175. The maximum absolute atomic E-state index is 13.1. The molecule has 1 aromatic heterocycles. The molecule has 1 amide bonds. The van der Waals surface area contributed by atoms with Crippen LogP contribution >= 0.6 is 0 Å². The van der Waals surface area contributed by atoms with Gasteiger partial charge >= 0.3 is 0 Å². The zero-order chi connectivity index (χ0) is 17.8. The standard InChI is InChI=1S/C19H18FN3O2/c1-3-25-17-12-23(15-10-8-14(20)9-11-15)22-18(17)19(24)21-16-7-5-4-6-13(16)2/h4-12H,3H2,1-2H3,(H,21,24). The molecular formula is C19H18FN3O2. The van der Waals surface area contributed by atoms with Crippen molar-refractivity contribution < 1.29 is 13.9 Å². The SMILES string of the molecule is CCOc1cn(-c2ccc(F)cc2)nc1C(=O)Nc1ccccc1C. The molecule has 3 aromatic rings. The van der Waals surface area contributed by atoms with Crippen molar-refractivity contribution in [2.24, 2.45) is 0 Å². The van der Waals surface area contributed by atoms with E-state index in [1.54, 1.807) is 18.3 Å². The molecule has 0 unspecified atom stereocenters. The Morgan fingerprint density at radius 1 is 1.20 bits per heavy atom. The van der Waals surface area contributed by atoms with E-state index in [2.05, 4.69) is 10.4 Å². The minimum Gasteiger partial charge on any atom is -0.490 e. The van der Waals surface area contributed by atoms with Crippen LogP contribution in [0.4, 0.5) is 10.1 Å². The lowest BCUT2D eigenvalue weighted by molar-refractivity contribution is 0.101. The van der Waals surface area contributed by atoms with Gasteiger partial charge in [-0.25, -0.2) is 9.07 Å². The predicted octanol–water partition coefficient (Wildman–Crippen LogP) is 3.97. The average molecular weight is 339 g/mol. The normalized spacial score (nSPS) is 10.5. The number of anilines is 1. The molecule has 3 rings (SSSR count). The van der Waals surface area contributed by atoms with Gasteiger partial charge in [-0.2, -0.15) is 5.10 Å².